The van der Waals surface area contributed by atoms with Gasteiger partial charge in [-0.25, -0.2) is 20.6 Å². The van der Waals surface area contributed by atoms with Crippen LogP contribution < -0.4 is 17.1 Å². The lowest BCUT2D eigenvalue weighted by molar-refractivity contribution is -0.128. The zero-order valence-corrected chi connectivity index (χ0v) is 17.2. The fourth-order valence-corrected chi connectivity index (χ4v) is 4.64. The Morgan fingerprint density at radius 3 is 2.69 bits per heavy atom. The first-order valence-corrected chi connectivity index (χ1v) is 10.2. The third-order valence-corrected chi connectivity index (χ3v) is 6.10. The van der Waals surface area contributed by atoms with Crippen LogP contribution in [-0.2, 0) is 24.3 Å². The van der Waals surface area contributed by atoms with Crippen molar-refractivity contribution in [3.8, 4) is 0 Å². The van der Waals surface area contributed by atoms with E-state index in [1.54, 1.807) is 17.0 Å². The van der Waals surface area contributed by atoms with Gasteiger partial charge in [0.1, 0.15) is 17.7 Å². The highest BCUT2D eigenvalue weighted by atomic mass is 19.1. The summed E-state index contributed by atoms with van der Waals surface area (Å²) in [4.78, 5) is 28.8. The molecule has 1 saturated heterocycles. The molecule has 0 bridgehead atoms. The Bertz CT molecular complexity index is 1260. The van der Waals surface area contributed by atoms with Crippen molar-refractivity contribution in [1.82, 2.24) is 19.9 Å². The number of carbonyl (C=O) groups is 2. The van der Waals surface area contributed by atoms with Crippen LogP contribution in [0.5, 0.6) is 0 Å². The predicted octanol–water partition coefficient (Wildman–Crippen LogP) is 1.50. The number of nitrogens with two attached hydrogens (primary N) is 2. The molecule has 5 N–H and O–H groups in total. The Morgan fingerprint density at radius 1 is 1.19 bits per heavy atom. The van der Waals surface area contributed by atoms with E-state index in [4.69, 9.17) is 11.6 Å². The van der Waals surface area contributed by atoms with Gasteiger partial charge in [0.05, 0.1) is 13.1 Å². The molecule has 0 saturated carbocycles. The largest absolute Gasteiger partial charge is 0.384 e. The SMILES string of the molecule is NN/N=C(\N)CN1C(=O)C2Cc3c(n(Cc4ccc(F)cc4)c4ccccc34)CN2C1=O.[HH]. The predicted molar refractivity (Wildman–Crippen MR) is 119 cm³/mol. The lowest BCUT2D eigenvalue weighted by Crippen LogP contribution is -2.40. The summed E-state index contributed by atoms with van der Waals surface area (Å²) in [7, 11) is 0. The van der Waals surface area contributed by atoms with Crippen LogP contribution >= 0.6 is 0 Å². The van der Waals surface area contributed by atoms with Crippen LogP contribution in [0.25, 0.3) is 10.9 Å². The lowest BCUT2D eigenvalue weighted by Gasteiger charge is -2.28. The molecule has 5 rings (SSSR count). The number of carbonyl (C=O) groups excluding carboxylic acids is 2. The van der Waals surface area contributed by atoms with E-state index in [-0.39, 0.29) is 25.5 Å². The summed E-state index contributed by atoms with van der Waals surface area (Å²) in [5, 5.41) is 4.69. The number of halogens is 1. The standard InChI is InChI=1S/C22H22FN7O2.H2/c23-14-7-5-13(6-8-14)10-28-17-4-2-1-3-15(17)16-9-18-21(31)30(12-20(24)26-27-25)22(32)29(18)11-19(16)28;/h1-8,18,27H,9-12,25H2,(H2,24,26);1H. The number of rotatable bonds is 5. The van der Waals surface area contributed by atoms with Crippen molar-refractivity contribution in [3.63, 3.8) is 0 Å². The summed E-state index contributed by atoms with van der Waals surface area (Å²) >= 11 is 0. The molecule has 32 heavy (non-hydrogen) atoms. The monoisotopic (exact) mass is 437 g/mol. The highest BCUT2D eigenvalue weighted by Crippen LogP contribution is 2.36. The first-order valence-electron chi connectivity index (χ1n) is 10.2. The van der Waals surface area contributed by atoms with Crippen molar-refractivity contribution in [1.29, 1.82) is 0 Å². The van der Waals surface area contributed by atoms with Gasteiger partial charge in [-0.1, -0.05) is 30.3 Å². The quantitative estimate of drug-likeness (QED) is 0.184. The third-order valence-electron chi connectivity index (χ3n) is 6.10. The highest BCUT2D eigenvalue weighted by Gasteiger charge is 2.48. The summed E-state index contributed by atoms with van der Waals surface area (Å²) in [6, 6.07) is 13.4. The maximum absolute atomic E-state index is 13.4. The van der Waals surface area contributed by atoms with E-state index in [9.17, 15) is 14.0 Å². The summed E-state index contributed by atoms with van der Waals surface area (Å²) in [5.74, 6) is 4.59. The van der Waals surface area contributed by atoms with Crippen molar-refractivity contribution in [2.75, 3.05) is 6.54 Å². The van der Waals surface area contributed by atoms with Crippen LogP contribution in [0.2, 0.25) is 0 Å². The van der Waals surface area contributed by atoms with Gasteiger partial charge in [-0.2, -0.15) is 5.10 Å². The minimum Gasteiger partial charge on any atom is -0.384 e. The minimum atomic E-state index is -0.585. The number of hydrogen-bond donors (Lipinski definition) is 3. The van der Waals surface area contributed by atoms with E-state index in [1.165, 1.54) is 12.1 Å². The molecular formula is C22H24FN7O2. The number of aromatic nitrogens is 1. The minimum absolute atomic E-state index is 0. The Kier molecular flexibility index (Phi) is 4.78. The van der Waals surface area contributed by atoms with Gasteiger partial charge in [-0.15, -0.1) is 0 Å². The second-order valence-corrected chi connectivity index (χ2v) is 7.94. The molecule has 0 radical (unpaired) electrons. The highest BCUT2D eigenvalue weighted by molar-refractivity contribution is 6.07. The van der Waals surface area contributed by atoms with E-state index >= 15 is 0 Å². The Morgan fingerprint density at radius 2 is 1.94 bits per heavy atom. The van der Waals surface area contributed by atoms with Gasteiger partial charge >= 0.3 is 6.03 Å². The van der Waals surface area contributed by atoms with Crippen molar-refractivity contribution < 1.29 is 15.4 Å². The average Bonchev–Trinajstić information content (AvgIpc) is 3.21. The van der Waals surface area contributed by atoms with Gasteiger partial charge in [0.15, 0.2) is 0 Å². The molecule has 3 amide bonds. The normalized spacial score (nSPS) is 18.3. The summed E-state index contributed by atoms with van der Waals surface area (Å²) in [5.41, 5.74) is 11.8. The summed E-state index contributed by atoms with van der Waals surface area (Å²) in [6.07, 6.45) is 0.416. The molecule has 1 atom stereocenters. The first-order chi connectivity index (χ1) is 15.5. The van der Waals surface area contributed by atoms with Crippen LogP contribution in [0.1, 0.15) is 18.2 Å². The fourth-order valence-electron chi connectivity index (χ4n) is 4.64. The number of amides is 3. The fraction of sp³-hybridized carbons (Fsp3) is 0.227. The van der Waals surface area contributed by atoms with Gasteiger partial charge in [0.2, 0.25) is 0 Å². The molecule has 2 aliphatic rings. The number of para-hydroxylation sites is 1. The van der Waals surface area contributed by atoms with Crippen LogP contribution in [-0.4, -0.2) is 44.7 Å². The zero-order chi connectivity index (χ0) is 22.4. The Labute approximate surface area is 184 Å². The van der Waals surface area contributed by atoms with Crippen LogP contribution in [0.3, 0.4) is 0 Å². The van der Waals surface area contributed by atoms with E-state index in [0.717, 1.165) is 32.6 Å². The van der Waals surface area contributed by atoms with Gasteiger partial charge in [-0.05, 0) is 29.3 Å². The first kappa shape index (κ1) is 20.0. The number of amidine groups is 1. The van der Waals surface area contributed by atoms with Gasteiger partial charge < -0.3 is 15.2 Å². The third kappa shape index (κ3) is 3.16. The topological polar surface area (TPSA) is 122 Å². The number of urea groups is 1. The molecule has 166 valence electrons. The van der Waals surface area contributed by atoms with Crippen LogP contribution in [0.4, 0.5) is 9.18 Å². The van der Waals surface area contributed by atoms with E-state index in [1.807, 2.05) is 24.3 Å². The number of nitrogens with one attached hydrogen (secondary N) is 1. The molecule has 0 aliphatic carbocycles. The number of fused-ring (bicyclic) bond motifs is 4. The molecule has 1 fully saturated rings. The maximum Gasteiger partial charge on any atom is 0.328 e. The van der Waals surface area contributed by atoms with Crippen molar-refractivity contribution >= 4 is 28.7 Å². The summed E-state index contributed by atoms with van der Waals surface area (Å²) in [6.45, 7) is 0.695. The maximum atomic E-state index is 13.4. The number of hydrazone groups is 1. The van der Waals surface area contributed by atoms with Crippen molar-refractivity contribution in [3.05, 3.63) is 71.2 Å². The van der Waals surface area contributed by atoms with E-state index in [2.05, 4.69) is 15.2 Å². The molecule has 3 aromatic rings. The van der Waals surface area contributed by atoms with E-state index in [0.29, 0.717) is 19.5 Å². The second-order valence-electron chi connectivity index (χ2n) is 7.94. The number of hydrogen-bond acceptors (Lipinski definition) is 5. The molecule has 1 unspecified atom stereocenters. The molecule has 1 aromatic heterocycles. The molecule has 0 spiro atoms. The lowest BCUT2D eigenvalue weighted by atomic mass is 9.97. The smallest absolute Gasteiger partial charge is 0.328 e. The molecule has 9 nitrogen and oxygen atoms in total. The van der Waals surface area contributed by atoms with Crippen LogP contribution in [0.15, 0.2) is 53.6 Å². The van der Waals surface area contributed by atoms with Crippen molar-refractivity contribution in [2.45, 2.75) is 25.6 Å². The molecule has 2 aliphatic heterocycles. The number of imide groups is 1. The van der Waals surface area contributed by atoms with Gasteiger partial charge in [0.25, 0.3) is 5.91 Å². The summed E-state index contributed by atoms with van der Waals surface area (Å²) < 4.78 is 15.5. The second kappa shape index (κ2) is 7.65. The number of benzene rings is 2. The molecule has 10 heteroatoms. The van der Waals surface area contributed by atoms with Crippen molar-refractivity contribution in [2.24, 2.45) is 16.7 Å². The Balaban J connectivity index is 0.00000259. The number of hydrazine groups is 1. The van der Waals surface area contributed by atoms with Gasteiger partial charge in [-0.3, -0.25) is 9.69 Å². The van der Waals surface area contributed by atoms with E-state index < -0.39 is 12.1 Å². The van der Waals surface area contributed by atoms with Gasteiger partial charge in [0, 0.05) is 31.0 Å². The van der Waals surface area contributed by atoms with Crippen LogP contribution in [0, 0.1) is 5.82 Å². The zero-order valence-electron chi connectivity index (χ0n) is 17.2. The molecule has 3 heterocycles. The Hall–Kier alpha value is -3.92. The number of nitrogens with zero attached hydrogens (tertiary/aromatic N) is 4. The molecular weight excluding hydrogens is 413 g/mol. The average molecular weight is 437 g/mol. The molecule has 2 aromatic carbocycles.